The number of nitrogens with zero attached hydrogens (tertiary/aromatic N) is 3. The van der Waals surface area contributed by atoms with E-state index in [1.165, 1.54) is 63.2 Å². The smallest absolute Gasteiger partial charge is 0.330 e. The molecule has 4 aromatic rings. The molecule has 4 aromatic carbocycles. The highest BCUT2D eigenvalue weighted by Gasteiger charge is 2.41. The van der Waals surface area contributed by atoms with Crippen LogP contribution in [0.25, 0.3) is 12.2 Å². The summed E-state index contributed by atoms with van der Waals surface area (Å²) in [5.41, 5.74) is 3.79. The number of urea groups is 1. The Labute approximate surface area is 246 Å². The lowest BCUT2D eigenvalue weighted by atomic mass is 9.89. The summed E-state index contributed by atoms with van der Waals surface area (Å²) < 4.78 is 27.5. The number of carbonyl (C=O) groups excluding carboxylic acids is 2. The van der Waals surface area contributed by atoms with Crippen LogP contribution in [0.3, 0.4) is 0 Å². The maximum atomic E-state index is 14.2. The van der Waals surface area contributed by atoms with E-state index in [9.17, 15) is 28.3 Å². The molecule has 0 unspecified atom stereocenters. The molecule has 2 aliphatic heterocycles. The first kappa shape index (κ1) is 27.8. The summed E-state index contributed by atoms with van der Waals surface area (Å²) in [6.45, 7) is -0.216. The number of para-hydroxylation sites is 2. The molecule has 43 heavy (non-hydrogen) atoms. The van der Waals surface area contributed by atoms with Gasteiger partial charge in [-0.05, 0) is 58.7 Å². The third kappa shape index (κ3) is 5.37. The molecule has 0 radical (unpaired) electrons. The second-order valence-corrected chi connectivity index (χ2v) is 10.4. The summed E-state index contributed by atoms with van der Waals surface area (Å²) in [6, 6.07) is 23.8. The van der Waals surface area contributed by atoms with Crippen molar-refractivity contribution >= 4 is 41.4 Å². The predicted octanol–water partition coefficient (Wildman–Crippen LogP) is 6.14. The molecule has 1 fully saturated rings. The molecule has 1 atom stereocenters. The van der Waals surface area contributed by atoms with Gasteiger partial charge in [-0.3, -0.25) is 9.69 Å². The Kier molecular flexibility index (Phi) is 7.46. The van der Waals surface area contributed by atoms with Crippen LogP contribution in [0.2, 0.25) is 0 Å². The van der Waals surface area contributed by atoms with E-state index in [-0.39, 0.29) is 19.6 Å². The van der Waals surface area contributed by atoms with E-state index in [2.05, 4.69) is 0 Å². The Bertz CT molecular complexity index is 1630. The van der Waals surface area contributed by atoms with Gasteiger partial charge in [0.2, 0.25) is 5.91 Å². The number of hydrogen-bond acceptors (Lipinski definition) is 3. The first-order valence-electron chi connectivity index (χ1n) is 13.8. The molecule has 0 aliphatic carbocycles. The van der Waals surface area contributed by atoms with E-state index >= 15 is 0 Å². The van der Waals surface area contributed by atoms with Crippen LogP contribution < -0.4 is 4.90 Å². The van der Waals surface area contributed by atoms with E-state index in [4.69, 9.17) is 0 Å². The lowest BCUT2D eigenvalue weighted by Gasteiger charge is -2.42. The molecule has 2 aliphatic rings. The van der Waals surface area contributed by atoms with Crippen LogP contribution in [0.15, 0.2) is 97.1 Å². The topological polar surface area (TPSA) is 81.2 Å². The van der Waals surface area contributed by atoms with Crippen LogP contribution in [0.5, 0.6) is 0 Å². The molecular weight excluding hydrogens is 552 g/mol. The fraction of sp³-hybridized carbons (Fsp3) is 0.147. The zero-order chi connectivity index (χ0) is 30.1. The van der Waals surface area contributed by atoms with Gasteiger partial charge in [0.25, 0.3) is 0 Å². The third-order valence-corrected chi connectivity index (χ3v) is 7.87. The fourth-order valence-corrected chi connectivity index (χ4v) is 5.70. The Hall–Kier alpha value is -5.31. The van der Waals surface area contributed by atoms with Crippen molar-refractivity contribution in [3.8, 4) is 0 Å². The zero-order valence-electron chi connectivity index (χ0n) is 22.9. The van der Waals surface area contributed by atoms with Crippen molar-refractivity contribution in [3.63, 3.8) is 0 Å². The molecule has 6 rings (SSSR count). The molecule has 0 spiro atoms. The van der Waals surface area contributed by atoms with Crippen molar-refractivity contribution < 1.29 is 28.3 Å². The second-order valence-electron chi connectivity index (χ2n) is 10.4. The fourth-order valence-electron chi connectivity index (χ4n) is 5.70. The lowest BCUT2D eigenvalue weighted by Crippen LogP contribution is -2.61. The number of hydrogen-bond donors (Lipinski definition) is 1. The van der Waals surface area contributed by atoms with Gasteiger partial charge in [0.15, 0.2) is 0 Å². The van der Waals surface area contributed by atoms with Crippen LogP contribution in [-0.2, 0) is 9.59 Å². The highest BCUT2D eigenvalue weighted by Crippen LogP contribution is 2.38. The summed E-state index contributed by atoms with van der Waals surface area (Å²) in [4.78, 5) is 45.1. The third-order valence-electron chi connectivity index (χ3n) is 7.87. The van der Waals surface area contributed by atoms with Crippen LogP contribution in [0.1, 0.15) is 28.2 Å². The minimum Gasteiger partial charge on any atom is -0.480 e. The largest absolute Gasteiger partial charge is 0.480 e. The van der Waals surface area contributed by atoms with Gasteiger partial charge in [-0.1, -0.05) is 72.8 Å². The maximum Gasteiger partial charge on any atom is 0.330 e. The molecule has 9 heteroatoms. The van der Waals surface area contributed by atoms with Gasteiger partial charge < -0.3 is 14.9 Å². The molecule has 2 heterocycles. The van der Waals surface area contributed by atoms with Gasteiger partial charge in [-0.15, -0.1) is 0 Å². The van der Waals surface area contributed by atoms with Crippen molar-refractivity contribution in [3.05, 3.63) is 131 Å². The highest BCUT2D eigenvalue weighted by atomic mass is 19.1. The van der Waals surface area contributed by atoms with Crippen LogP contribution in [0, 0.1) is 11.6 Å². The van der Waals surface area contributed by atoms with Gasteiger partial charge in [-0.25, -0.2) is 18.4 Å². The van der Waals surface area contributed by atoms with Gasteiger partial charge in [0.05, 0.1) is 23.8 Å². The zero-order valence-corrected chi connectivity index (χ0v) is 22.9. The van der Waals surface area contributed by atoms with Crippen molar-refractivity contribution in [2.24, 2.45) is 0 Å². The molecule has 1 N–H and O–H groups in total. The van der Waals surface area contributed by atoms with Gasteiger partial charge in [-0.2, -0.15) is 0 Å². The molecule has 0 saturated carbocycles. The van der Waals surface area contributed by atoms with E-state index in [0.29, 0.717) is 22.5 Å². The van der Waals surface area contributed by atoms with Gasteiger partial charge in [0.1, 0.15) is 17.7 Å². The molecular formula is C34H27F2N3O4. The van der Waals surface area contributed by atoms with E-state index in [1.807, 2.05) is 60.7 Å². The van der Waals surface area contributed by atoms with Crippen LogP contribution in [0.4, 0.5) is 25.0 Å². The summed E-state index contributed by atoms with van der Waals surface area (Å²) >= 11 is 0. The molecule has 216 valence electrons. The first-order chi connectivity index (χ1) is 20.8. The summed E-state index contributed by atoms with van der Waals surface area (Å²) in [6.07, 6.45) is 3.83. The van der Waals surface area contributed by atoms with Crippen LogP contribution >= 0.6 is 0 Å². The van der Waals surface area contributed by atoms with E-state index in [1.54, 1.807) is 0 Å². The quantitative estimate of drug-likeness (QED) is 0.315. The number of benzene rings is 4. The Morgan fingerprint density at radius 1 is 0.698 bits per heavy atom. The number of aliphatic carboxylic acids is 1. The SMILES string of the molecule is O=C(O)[C@@H]1CN(C(=O)C(c2ccc(F)cc2)c2ccc(F)cc2)CCN1C(=O)N1c2ccccc2C=Cc2ccccc21. The predicted molar refractivity (Wildman–Crippen MR) is 159 cm³/mol. The van der Waals surface area contributed by atoms with Crippen LogP contribution in [-0.4, -0.2) is 58.5 Å². The lowest BCUT2D eigenvalue weighted by molar-refractivity contribution is -0.146. The monoisotopic (exact) mass is 579 g/mol. The molecule has 0 aromatic heterocycles. The number of carbonyl (C=O) groups is 3. The number of amides is 3. The maximum absolute atomic E-state index is 14.2. The molecule has 7 nitrogen and oxygen atoms in total. The minimum atomic E-state index is -1.33. The average Bonchev–Trinajstić information content (AvgIpc) is 3.19. The number of fused-ring (bicyclic) bond motifs is 2. The average molecular weight is 580 g/mol. The Morgan fingerprint density at radius 3 is 1.67 bits per heavy atom. The van der Waals surface area contributed by atoms with Crippen molar-refractivity contribution in [2.75, 3.05) is 24.5 Å². The van der Waals surface area contributed by atoms with E-state index in [0.717, 1.165) is 11.1 Å². The number of piperazine rings is 1. The Balaban J connectivity index is 1.32. The standard InChI is InChI=1S/C34H27F2N3O4/c35-26-15-11-24(12-16-26)31(25-13-17-27(36)18-14-25)32(40)37-19-20-38(30(21-37)33(41)42)34(43)39-28-7-3-1-5-22(28)9-10-23-6-2-4-8-29(23)39/h1-18,30-31H,19-21H2,(H,41,42)/t30-/m0/s1. The number of carboxylic acid groups (broad SMARTS) is 1. The van der Waals surface area contributed by atoms with Crippen molar-refractivity contribution in [2.45, 2.75) is 12.0 Å². The number of anilines is 2. The van der Waals surface area contributed by atoms with Gasteiger partial charge in [0, 0.05) is 13.1 Å². The highest BCUT2D eigenvalue weighted by molar-refractivity contribution is 6.06. The summed E-state index contributed by atoms with van der Waals surface area (Å²) in [5, 5.41) is 10.3. The Morgan fingerprint density at radius 2 is 1.19 bits per heavy atom. The number of halogens is 2. The first-order valence-corrected chi connectivity index (χ1v) is 13.8. The van der Waals surface area contributed by atoms with E-state index < -0.39 is 41.5 Å². The summed E-state index contributed by atoms with van der Waals surface area (Å²) in [7, 11) is 0. The number of carboxylic acids is 1. The normalized spacial score (nSPS) is 16.0. The van der Waals surface area contributed by atoms with Gasteiger partial charge >= 0.3 is 12.0 Å². The second kappa shape index (κ2) is 11.5. The minimum absolute atomic E-state index is 0.0324. The molecule has 3 amide bonds. The summed E-state index contributed by atoms with van der Waals surface area (Å²) in [5.74, 6) is -3.54. The van der Waals surface area contributed by atoms with Crippen molar-refractivity contribution in [1.29, 1.82) is 0 Å². The number of rotatable bonds is 4. The molecule has 0 bridgehead atoms. The molecule has 1 saturated heterocycles. The van der Waals surface area contributed by atoms with Crippen molar-refractivity contribution in [1.82, 2.24) is 9.80 Å².